The van der Waals surface area contributed by atoms with Gasteiger partial charge in [-0.1, -0.05) is 72.8 Å². The molecule has 0 bridgehead atoms. The zero-order valence-electron chi connectivity index (χ0n) is 21.6. The van der Waals surface area contributed by atoms with Crippen molar-refractivity contribution in [2.75, 3.05) is 7.11 Å². The van der Waals surface area contributed by atoms with Crippen LogP contribution < -0.4 is 15.0 Å². The molecular formula is C33H25FN2O4. The predicted molar refractivity (Wildman–Crippen MR) is 153 cm³/mol. The molecule has 2 aromatic heterocycles. The summed E-state index contributed by atoms with van der Waals surface area (Å²) in [5.41, 5.74) is 2.76. The summed E-state index contributed by atoms with van der Waals surface area (Å²) in [4.78, 5) is 17.8. The SMILES string of the molecule is COc1c2ccc(OC(c3ccccc3)c3ccccc3)nc2cc2c(O)n(Cc3ccc(F)cc3)c(=O)cc12. The molecule has 0 aliphatic carbocycles. The maximum absolute atomic E-state index is 13.4. The summed E-state index contributed by atoms with van der Waals surface area (Å²) in [6, 6.07) is 32.4. The molecule has 0 radical (unpaired) electrons. The number of ether oxygens (including phenoxy) is 2. The van der Waals surface area contributed by atoms with Crippen molar-refractivity contribution in [3.8, 4) is 17.5 Å². The second-order valence-electron chi connectivity index (χ2n) is 9.43. The van der Waals surface area contributed by atoms with Crippen LogP contribution in [0.4, 0.5) is 4.39 Å². The average Bonchev–Trinajstić information content (AvgIpc) is 2.99. The van der Waals surface area contributed by atoms with E-state index in [1.54, 1.807) is 24.3 Å². The van der Waals surface area contributed by atoms with Gasteiger partial charge in [-0.15, -0.1) is 0 Å². The maximum atomic E-state index is 13.4. The fraction of sp³-hybridized carbons (Fsp3) is 0.0909. The quantitative estimate of drug-likeness (QED) is 0.234. The van der Waals surface area contributed by atoms with Crippen LogP contribution in [-0.2, 0) is 6.54 Å². The molecule has 0 saturated carbocycles. The molecule has 2 heterocycles. The lowest BCUT2D eigenvalue weighted by atomic mass is 10.0. The molecule has 40 heavy (non-hydrogen) atoms. The van der Waals surface area contributed by atoms with Crippen LogP contribution in [-0.4, -0.2) is 21.8 Å². The van der Waals surface area contributed by atoms with Gasteiger partial charge in [-0.3, -0.25) is 9.36 Å². The van der Waals surface area contributed by atoms with Crippen molar-refractivity contribution in [3.63, 3.8) is 0 Å². The summed E-state index contributed by atoms with van der Waals surface area (Å²) in [6.07, 6.45) is -0.385. The van der Waals surface area contributed by atoms with Crippen molar-refractivity contribution in [3.05, 3.63) is 142 Å². The molecule has 6 nitrogen and oxygen atoms in total. The summed E-state index contributed by atoms with van der Waals surface area (Å²) in [6.45, 7) is 0.0770. The Kier molecular flexibility index (Phi) is 6.62. The van der Waals surface area contributed by atoms with Crippen molar-refractivity contribution in [1.29, 1.82) is 0 Å². The fourth-order valence-corrected chi connectivity index (χ4v) is 4.94. The van der Waals surface area contributed by atoms with Crippen LogP contribution in [0, 0.1) is 5.82 Å². The lowest BCUT2D eigenvalue weighted by Crippen LogP contribution is -2.20. The first kappa shape index (κ1) is 25.1. The van der Waals surface area contributed by atoms with Crippen LogP contribution in [0.3, 0.4) is 0 Å². The number of fused-ring (bicyclic) bond motifs is 2. The van der Waals surface area contributed by atoms with Gasteiger partial charge in [-0.25, -0.2) is 9.37 Å². The lowest BCUT2D eigenvalue weighted by molar-refractivity contribution is 0.238. The van der Waals surface area contributed by atoms with E-state index >= 15 is 0 Å². The van der Waals surface area contributed by atoms with Gasteiger partial charge in [0, 0.05) is 28.3 Å². The normalized spacial score (nSPS) is 11.3. The van der Waals surface area contributed by atoms with Crippen molar-refractivity contribution in [2.24, 2.45) is 0 Å². The van der Waals surface area contributed by atoms with E-state index in [0.717, 1.165) is 11.1 Å². The number of aromatic nitrogens is 2. The van der Waals surface area contributed by atoms with E-state index < -0.39 is 5.56 Å². The van der Waals surface area contributed by atoms with Crippen LogP contribution in [0.15, 0.2) is 114 Å². The van der Waals surface area contributed by atoms with E-state index in [0.29, 0.717) is 38.9 Å². The molecule has 0 aliphatic heterocycles. The molecule has 0 saturated heterocycles. The largest absolute Gasteiger partial charge is 0.495 e. The number of nitrogens with zero attached hydrogens (tertiary/aromatic N) is 2. The van der Waals surface area contributed by atoms with Crippen molar-refractivity contribution in [2.45, 2.75) is 12.6 Å². The van der Waals surface area contributed by atoms with Crippen LogP contribution in [0.2, 0.25) is 0 Å². The van der Waals surface area contributed by atoms with E-state index in [4.69, 9.17) is 14.5 Å². The van der Waals surface area contributed by atoms with Gasteiger partial charge in [-0.2, -0.15) is 0 Å². The number of pyridine rings is 2. The van der Waals surface area contributed by atoms with E-state index in [2.05, 4.69) is 0 Å². The molecule has 0 fully saturated rings. The molecule has 7 heteroatoms. The Labute approximate surface area is 229 Å². The Hall–Kier alpha value is -5.17. The summed E-state index contributed by atoms with van der Waals surface area (Å²) in [5, 5.41) is 12.8. The third kappa shape index (κ3) is 4.73. The zero-order valence-corrected chi connectivity index (χ0v) is 21.6. The number of aromatic hydroxyl groups is 1. The second kappa shape index (κ2) is 10.5. The first-order valence-electron chi connectivity index (χ1n) is 12.8. The number of halogens is 1. The third-order valence-electron chi connectivity index (χ3n) is 6.89. The molecule has 198 valence electrons. The van der Waals surface area contributed by atoms with Crippen molar-refractivity contribution in [1.82, 2.24) is 9.55 Å². The number of benzene rings is 4. The Balaban J connectivity index is 1.46. The van der Waals surface area contributed by atoms with E-state index in [-0.39, 0.29) is 24.3 Å². The maximum Gasteiger partial charge on any atom is 0.254 e. The Bertz CT molecular complexity index is 1830. The molecule has 1 N–H and O–H groups in total. The van der Waals surface area contributed by atoms with Crippen LogP contribution in [0.1, 0.15) is 22.8 Å². The fourth-order valence-electron chi connectivity index (χ4n) is 4.94. The summed E-state index contributed by atoms with van der Waals surface area (Å²) >= 11 is 0. The first-order valence-corrected chi connectivity index (χ1v) is 12.8. The summed E-state index contributed by atoms with van der Waals surface area (Å²) in [5.74, 6) is 0.216. The molecule has 0 unspecified atom stereocenters. The highest BCUT2D eigenvalue weighted by Crippen LogP contribution is 2.38. The van der Waals surface area contributed by atoms with Gasteiger partial charge in [0.15, 0.2) is 6.10 Å². The topological polar surface area (TPSA) is 73.6 Å². The van der Waals surface area contributed by atoms with Gasteiger partial charge in [-0.05, 0) is 41.0 Å². The van der Waals surface area contributed by atoms with Crippen LogP contribution in [0.25, 0.3) is 21.7 Å². The number of hydrogen-bond acceptors (Lipinski definition) is 5. The molecule has 6 aromatic rings. The minimum Gasteiger partial charge on any atom is -0.495 e. The van der Waals surface area contributed by atoms with Crippen molar-refractivity contribution < 1.29 is 19.0 Å². The van der Waals surface area contributed by atoms with E-state index in [9.17, 15) is 14.3 Å². The van der Waals surface area contributed by atoms with Crippen LogP contribution >= 0.6 is 0 Å². The second-order valence-corrected chi connectivity index (χ2v) is 9.43. The van der Waals surface area contributed by atoms with Gasteiger partial charge < -0.3 is 14.6 Å². The van der Waals surface area contributed by atoms with Gasteiger partial charge in [0.05, 0.1) is 19.2 Å². The van der Waals surface area contributed by atoms with Gasteiger partial charge in [0.2, 0.25) is 11.8 Å². The minimum absolute atomic E-state index is 0.0770. The number of methoxy groups -OCH3 is 1. The molecule has 0 spiro atoms. The smallest absolute Gasteiger partial charge is 0.254 e. The lowest BCUT2D eigenvalue weighted by Gasteiger charge is -2.20. The standard InChI is InChI=1S/C33H25FN2O4/c1-39-32-25-16-17-29(40-31(22-8-4-2-5-9-22)23-10-6-3-7-11-23)35-28(25)18-27-26(32)19-30(37)36(33(27)38)20-21-12-14-24(34)15-13-21/h2-19,31,38H,20H2,1H3. The van der Waals surface area contributed by atoms with Gasteiger partial charge >= 0.3 is 0 Å². The Morgan fingerprint density at radius 3 is 2.10 bits per heavy atom. The van der Waals surface area contributed by atoms with E-state index in [1.165, 1.54) is 29.9 Å². The highest BCUT2D eigenvalue weighted by molar-refractivity contribution is 6.05. The monoisotopic (exact) mass is 532 g/mol. The zero-order chi connectivity index (χ0) is 27.6. The van der Waals surface area contributed by atoms with E-state index in [1.807, 2.05) is 66.7 Å². The molecular weight excluding hydrogens is 507 g/mol. The highest BCUT2D eigenvalue weighted by atomic mass is 19.1. The average molecular weight is 533 g/mol. The summed E-state index contributed by atoms with van der Waals surface area (Å²) in [7, 11) is 1.51. The van der Waals surface area contributed by atoms with Gasteiger partial charge in [0.1, 0.15) is 11.6 Å². The number of rotatable bonds is 7. The molecule has 0 amide bonds. The van der Waals surface area contributed by atoms with Gasteiger partial charge in [0.25, 0.3) is 5.56 Å². The molecule has 4 aromatic carbocycles. The Morgan fingerprint density at radius 2 is 1.48 bits per heavy atom. The third-order valence-corrected chi connectivity index (χ3v) is 6.89. The Morgan fingerprint density at radius 1 is 0.825 bits per heavy atom. The van der Waals surface area contributed by atoms with Crippen LogP contribution in [0.5, 0.6) is 17.5 Å². The minimum atomic E-state index is -0.409. The molecule has 0 aliphatic rings. The van der Waals surface area contributed by atoms with Crippen molar-refractivity contribution >= 4 is 21.7 Å². The molecule has 6 rings (SSSR count). The number of hydrogen-bond donors (Lipinski definition) is 1. The first-order chi connectivity index (χ1) is 19.5. The molecule has 0 atom stereocenters. The highest BCUT2D eigenvalue weighted by Gasteiger charge is 2.20. The summed E-state index contributed by atoms with van der Waals surface area (Å²) < 4.78 is 26.8. The predicted octanol–water partition coefficient (Wildman–Crippen LogP) is 6.62.